The Balaban J connectivity index is 2.09. The summed E-state index contributed by atoms with van der Waals surface area (Å²) in [5.74, 6) is -2.89. The van der Waals surface area contributed by atoms with Crippen molar-refractivity contribution in [2.75, 3.05) is 12.4 Å². The summed E-state index contributed by atoms with van der Waals surface area (Å²) in [7, 11) is 1.44. The predicted molar refractivity (Wildman–Crippen MR) is 65.4 cm³/mol. The molecule has 0 aliphatic heterocycles. The first-order chi connectivity index (χ1) is 9.02. The van der Waals surface area contributed by atoms with Gasteiger partial charge in [0.15, 0.2) is 0 Å². The van der Waals surface area contributed by atoms with Gasteiger partial charge in [-0.05, 0) is 25.0 Å². The summed E-state index contributed by atoms with van der Waals surface area (Å²) in [5.41, 5.74) is 0.000360. The van der Waals surface area contributed by atoms with Crippen molar-refractivity contribution in [2.45, 2.75) is 12.8 Å². The summed E-state index contributed by atoms with van der Waals surface area (Å²) in [4.78, 5) is 22.7. The van der Waals surface area contributed by atoms with Crippen LogP contribution in [0.2, 0.25) is 0 Å². The first-order valence-electron chi connectivity index (χ1n) is 5.90. The van der Waals surface area contributed by atoms with E-state index in [1.54, 1.807) is 0 Å². The maximum absolute atomic E-state index is 13.5. The largest absolute Gasteiger partial charge is 0.497 e. The standard InChI is InChI=1S/C13H14FNO4/c1-19-7-2-5-10(14)11(6-7)15-12(16)8-3-4-9(8)13(17)18/h2,5-6,8-9H,3-4H2,1H3,(H,15,16)(H,17,18). The van der Waals surface area contributed by atoms with Crippen LogP contribution in [0, 0.1) is 17.7 Å². The summed E-state index contributed by atoms with van der Waals surface area (Å²) in [6.07, 6.45) is 0.988. The Kier molecular flexibility index (Phi) is 3.69. The van der Waals surface area contributed by atoms with Crippen molar-refractivity contribution in [3.8, 4) is 5.75 Å². The van der Waals surface area contributed by atoms with Crippen LogP contribution in [0.1, 0.15) is 12.8 Å². The molecule has 2 atom stereocenters. The normalized spacial score (nSPS) is 21.4. The molecule has 1 aliphatic rings. The molecule has 1 saturated carbocycles. The summed E-state index contributed by atoms with van der Waals surface area (Å²) in [5, 5.41) is 11.3. The van der Waals surface area contributed by atoms with Crippen molar-refractivity contribution in [3.63, 3.8) is 0 Å². The second-order valence-corrected chi connectivity index (χ2v) is 4.46. The Labute approximate surface area is 109 Å². The number of carboxylic acid groups (broad SMARTS) is 1. The van der Waals surface area contributed by atoms with E-state index >= 15 is 0 Å². The number of rotatable bonds is 4. The van der Waals surface area contributed by atoms with Crippen LogP contribution in [0.5, 0.6) is 5.75 Å². The van der Waals surface area contributed by atoms with Gasteiger partial charge in [-0.3, -0.25) is 9.59 Å². The van der Waals surface area contributed by atoms with Crippen LogP contribution in [0.15, 0.2) is 18.2 Å². The van der Waals surface area contributed by atoms with Gasteiger partial charge in [-0.1, -0.05) is 0 Å². The molecular formula is C13H14FNO4. The molecule has 1 aliphatic carbocycles. The lowest BCUT2D eigenvalue weighted by Gasteiger charge is -2.31. The number of anilines is 1. The topological polar surface area (TPSA) is 75.6 Å². The molecule has 0 heterocycles. The number of methoxy groups -OCH3 is 1. The van der Waals surface area contributed by atoms with E-state index in [1.807, 2.05) is 0 Å². The average molecular weight is 267 g/mol. The number of aliphatic carboxylic acids is 1. The number of hydrogen-bond donors (Lipinski definition) is 2. The van der Waals surface area contributed by atoms with Gasteiger partial charge in [0, 0.05) is 6.07 Å². The minimum atomic E-state index is -0.988. The Morgan fingerprint density at radius 3 is 2.58 bits per heavy atom. The maximum Gasteiger partial charge on any atom is 0.307 e. The summed E-state index contributed by atoms with van der Waals surface area (Å²) < 4.78 is 18.5. The van der Waals surface area contributed by atoms with Crippen molar-refractivity contribution < 1.29 is 23.8 Å². The fourth-order valence-corrected chi connectivity index (χ4v) is 2.06. The fourth-order valence-electron chi connectivity index (χ4n) is 2.06. The lowest BCUT2D eigenvalue weighted by molar-refractivity contribution is -0.151. The number of carbonyl (C=O) groups excluding carboxylic acids is 1. The SMILES string of the molecule is COc1ccc(F)c(NC(=O)C2CCC2C(=O)O)c1. The van der Waals surface area contributed by atoms with Crippen molar-refractivity contribution in [1.29, 1.82) is 0 Å². The van der Waals surface area contributed by atoms with Gasteiger partial charge in [-0.25, -0.2) is 4.39 Å². The number of hydrogen-bond acceptors (Lipinski definition) is 3. The molecule has 1 fully saturated rings. The molecular weight excluding hydrogens is 253 g/mol. The number of ether oxygens (including phenoxy) is 1. The molecule has 102 valence electrons. The van der Waals surface area contributed by atoms with Gasteiger partial charge in [0.05, 0.1) is 24.6 Å². The minimum absolute atomic E-state index is 0.000360. The number of nitrogens with one attached hydrogen (secondary N) is 1. The van der Waals surface area contributed by atoms with Gasteiger partial charge in [-0.15, -0.1) is 0 Å². The van der Waals surface area contributed by atoms with E-state index in [4.69, 9.17) is 9.84 Å². The van der Waals surface area contributed by atoms with Crippen molar-refractivity contribution >= 4 is 17.6 Å². The quantitative estimate of drug-likeness (QED) is 0.873. The highest BCUT2D eigenvalue weighted by molar-refractivity contribution is 5.96. The van der Waals surface area contributed by atoms with Crippen molar-refractivity contribution in [2.24, 2.45) is 11.8 Å². The average Bonchev–Trinajstić information content (AvgIpc) is 2.29. The molecule has 0 radical (unpaired) electrons. The van der Waals surface area contributed by atoms with Crippen molar-refractivity contribution in [1.82, 2.24) is 0 Å². The van der Waals surface area contributed by atoms with E-state index in [1.165, 1.54) is 25.3 Å². The second-order valence-electron chi connectivity index (χ2n) is 4.46. The summed E-state index contributed by atoms with van der Waals surface area (Å²) >= 11 is 0. The lowest BCUT2D eigenvalue weighted by Crippen LogP contribution is -2.41. The number of halogens is 1. The van der Waals surface area contributed by atoms with Gasteiger partial charge < -0.3 is 15.2 Å². The predicted octanol–water partition coefficient (Wildman–Crippen LogP) is 1.88. The van der Waals surface area contributed by atoms with Crippen LogP contribution < -0.4 is 10.1 Å². The molecule has 2 rings (SSSR count). The second kappa shape index (κ2) is 5.26. The molecule has 0 bridgehead atoms. The molecule has 1 amide bonds. The van der Waals surface area contributed by atoms with Crippen LogP contribution in [0.3, 0.4) is 0 Å². The van der Waals surface area contributed by atoms with Gasteiger partial charge >= 0.3 is 5.97 Å². The molecule has 0 saturated heterocycles. The van der Waals surface area contributed by atoms with Crippen LogP contribution >= 0.6 is 0 Å². The van der Waals surface area contributed by atoms with E-state index in [0.717, 1.165) is 0 Å². The first-order valence-corrected chi connectivity index (χ1v) is 5.90. The van der Waals surface area contributed by atoms with E-state index in [2.05, 4.69) is 5.32 Å². The Bertz CT molecular complexity index is 517. The molecule has 5 nitrogen and oxygen atoms in total. The first kappa shape index (κ1) is 13.3. The zero-order valence-corrected chi connectivity index (χ0v) is 10.4. The Morgan fingerprint density at radius 2 is 2.05 bits per heavy atom. The van der Waals surface area contributed by atoms with Crippen LogP contribution in [0.4, 0.5) is 10.1 Å². The van der Waals surface area contributed by atoms with E-state index < -0.39 is 29.5 Å². The molecule has 2 unspecified atom stereocenters. The minimum Gasteiger partial charge on any atom is -0.497 e. The fraction of sp³-hybridized carbons (Fsp3) is 0.385. The van der Waals surface area contributed by atoms with Crippen molar-refractivity contribution in [3.05, 3.63) is 24.0 Å². The monoisotopic (exact) mass is 267 g/mol. The number of benzene rings is 1. The summed E-state index contributed by atoms with van der Waals surface area (Å²) in [6.45, 7) is 0. The molecule has 1 aromatic carbocycles. The van der Waals surface area contributed by atoms with Gasteiger partial charge in [-0.2, -0.15) is 0 Å². The van der Waals surface area contributed by atoms with E-state index in [0.29, 0.717) is 18.6 Å². The zero-order valence-electron chi connectivity index (χ0n) is 10.4. The third kappa shape index (κ3) is 2.67. The van der Waals surface area contributed by atoms with Gasteiger partial charge in [0.25, 0.3) is 0 Å². The number of amides is 1. The third-order valence-electron chi connectivity index (χ3n) is 3.36. The smallest absolute Gasteiger partial charge is 0.307 e. The molecule has 0 aromatic heterocycles. The Hall–Kier alpha value is -2.11. The van der Waals surface area contributed by atoms with Gasteiger partial charge in [0.1, 0.15) is 11.6 Å². The van der Waals surface area contributed by atoms with E-state index in [9.17, 15) is 14.0 Å². The molecule has 19 heavy (non-hydrogen) atoms. The molecule has 0 spiro atoms. The summed E-state index contributed by atoms with van der Waals surface area (Å²) in [6, 6.07) is 3.99. The van der Waals surface area contributed by atoms with Gasteiger partial charge in [0.2, 0.25) is 5.91 Å². The highest BCUT2D eigenvalue weighted by Gasteiger charge is 2.41. The van der Waals surface area contributed by atoms with Crippen LogP contribution in [-0.4, -0.2) is 24.1 Å². The van der Waals surface area contributed by atoms with Crippen LogP contribution in [-0.2, 0) is 9.59 Å². The molecule has 2 N–H and O–H groups in total. The number of carboxylic acids is 1. The zero-order chi connectivity index (χ0) is 14.0. The maximum atomic E-state index is 13.5. The Morgan fingerprint density at radius 1 is 1.37 bits per heavy atom. The van der Waals surface area contributed by atoms with E-state index in [-0.39, 0.29) is 5.69 Å². The molecule has 6 heteroatoms. The highest BCUT2D eigenvalue weighted by atomic mass is 19.1. The lowest BCUT2D eigenvalue weighted by atomic mass is 9.73. The highest BCUT2D eigenvalue weighted by Crippen LogP contribution is 2.35. The molecule has 1 aromatic rings. The van der Waals surface area contributed by atoms with Crippen LogP contribution in [0.25, 0.3) is 0 Å². The number of carbonyl (C=O) groups is 2. The third-order valence-corrected chi connectivity index (χ3v) is 3.36.